The van der Waals surface area contributed by atoms with E-state index < -0.39 is 6.17 Å². The molecular formula is C17H16N2O2. The molecule has 1 heterocycles. The molecule has 0 bridgehead atoms. The number of carbonyl (C=O) groups excluding carboxylic acids is 1. The fraction of sp³-hybridized carbons (Fsp3) is 0.118. The van der Waals surface area contributed by atoms with Gasteiger partial charge in [0.2, 0.25) is 0 Å². The number of rotatable bonds is 2. The van der Waals surface area contributed by atoms with Gasteiger partial charge in [0.05, 0.1) is 7.11 Å². The molecule has 106 valence electrons. The summed E-state index contributed by atoms with van der Waals surface area (Å²) in [5.41, 5.74) is 9.19. The summed E-state index contributed by atoms with van der Waals surface area (Å²) in [6, 6.07) is 15.1. The number of fused-ring (bicyclic) bond motifs is 1. The maximum Gasteiger partial charge on any atom is 0.200 e. The van der Waals surface area contributed by atoms with Crippen molar-refractivity contribution in [3.8, 4) is 5.75 Å². The molecule has 2 aromatic carbocycles. The summed E-state index contributed by atoms with van der Waals surface area (Å²) >= 11 is 0. The number of methoxy groups -OCH3 is 1. The Morgan fingerprint density at radius 3 is 2.52 bits per heavy atom. The van der Waals surface area contributed by atoms with Gasteiger partial charge in [0.15, 0.2) is 5.78 Å². The third-order valence-electron chi connectivity index (χ3n) is 3.52. The lowest BCUT2D eigenvalue weighted by Crippen LogP contribution is -2.37. The van der Waals surface area contributed by atoms with Crippen LogP contribution in [-0.2, 0) is 4.79 Å². The second-order valence-corrected chi connectivity index (χ2v) is 4.86. The molecule has 21 heavy (non-hydrogen) atoms. The van der Waals surface area contributed by atoms with Gasteiger partial charge >= 0.3 is 0 Å². The van der Waals surface area contributed by atoms with Gasteiger partial charge in [-0.3, -0.25) is 4.79 Å². The summed E-state index contributed by atoms with van der Waals surface area (Å²) in [6.07, 6.45) is 1.13. The molecule has 4 nitrogen and oxygen atoms in total. The van der Waals surface area contributed by atoms with Crippen molar-refractivity contribution in [1.29, 1.82) is 0 Å². The average Bonchev–Trinajstić information content (AvgIpc) is 2.65. The predicted molar refractivity (Wildman–Crippen MR) is 83.9 cm³/mol. The number of carbonyl (C=O) groups is 1. The largest absolute Gasteiger partial charge is 0.497 e. The highest BCUT2D eigenvalue weighted by molar-refractivity contribution is 6.29. The molecule has 1 aliphatic heterocycles. The highest BCUT2D eigenvalue weighted by Crippen LogP contribution is 2.29. The van der Waals surface area contributed by atoms with Crippen LogP contribution in [0.5, 0.6) is 5.75 Å². The molecule has 3 N–H and O–H groups in total. The van der Waals surface area contributed by atoms with Crippen molar-refractivity contribution >= 4 is 23.1 Å². The van der Waals surface area contributed by atoms with Crippen LogP contribution in [0.4, 0.5) is 5.69 Å². The van der Waals surface area contributed by atoms with Crippen molar-refractivity contribution in [2.24, 2.45) is 5.73 Å². The molecule has 4 heteroatoms. The highest BCUT2D eigenvalue weighted by atomic mass is 16.5. The van der Waals surface area contributed by atoms with Crippen molar-refractivity contribution in [3.05, 3.63) is 59.7 Å². The molecule has 3 rings (SSSR count). The Kier molecular flexibility index (Phi) is 3.46. The number of Topliss-reactive ketones (excluding diaryl/α,β-unsaturated/α-hetero) is 1. The van der Waals surface area contributed by atoms with E-state index in [1.54, 1.807) is 7.11 Å². The Bertz CT molecular complexity index is 705. The summed E-state index contributed by atoms with van der Waals surface area (Å²) in [7, 11) is 1.61. The lowest BCUT2D eigenvalue weighted by Gasteiger charge is -2.13. The van der Waals surface area contributed by atoms with Gasteiger partial charge in [-0.05, 0) is 35.4 Å². The zero-order valence-electron chi connectivity index (χ0n) is 11.7. The quantitative estimate of drug-likeness (QED) is 0.887. The third-order valence-corrected chi connectivity index (χ3v) is 3.52. The summed E-state index contributed by atoms with van der Waals surface area (Å²) in [5.74, 6) is 0.625. The van der Waals surface area contributed by atoms with Crippen molar-refractivity contribution in [1.82, 2.24) is 0 Å². The van der Waals surface area contributed by atoms with E-state index in [0.717, 1.165) is 22.6 Å². The van der Waals surface area contributed by atoms with Gasteiger partial charge in [-0.1, -0.05) is 30.3 Å². The van der Waals surface area contributed by atoms with Crippen LogP contribution >= 0.6 is 0 Å². The minimum absolute atomic E-state index is 0.128. The molecule has 1 unspecified atom stereocenters. The first-order chi connectivity index (χ1) is 10.2. The third kappa shape index (κ3) is 2.53. The Morgan fingerprint density at radius 1 is 1.10 bits per heavy atom. The van der Waals surface area contributed by atoms with Crippen molar-refractivity contribution in [3.63, 3.8) is 0 Å². The van der Waals surface area contributed by atoms with Gasteiger partial charge in [-0.2, -0.15) is 0 Å². The van der Waals surface area contributed by atoms with Crippen LogP contribution in [0.2, 0.25) is 0 Å². The topological polar surface area (TPSA) is 64.3 Å². The van der Waals surface area contributed by atoms with E-state index in [4.69, 9.17) is 10.5 Å². The summed E-state index contributed by atoms with van der Waals surface area (Å²) < 4.78 is 5.14. The van der Waals surface area contributed by atoms with Crippen LogP contribution in [0.3, 0.4) is 0 Å². The number of ketones is 1. The van der Waals surface area contributed by atoms with Gasteiger partial charge in [0.25, 0.3) is 0 Å². The standard InChI is InChI=1S/C17H16N2O2/c1-21-13-8-6-11(7-9-13)14-10-12-4-2-3-5-15(12)19-17(18)16(14)20/h2-10,17,19H,18H2,1H3. The monoisotopic (exact) mass is 280 g/mol. The first-order valence-corrected chi connectivity index (χ1v) is 6.70. The van der Waals surface area contributed by atoms with Gasteiger partial charge < -0.3 is 15.8 Å². The van der Waals surface area contributed by atoms with E-state index in [-0.39, 0.29) is 5.78 Å². The fourth-order valence-electron chi connectivity index (χ4n) is 2.38. The summed E-state index contributed by atoms with van der Waals surface area (Å²) in [6.45, 7) is 0. The smallest absolute Gasteiger partial charge is 0.200 e. The number of hydrogen-bond donors (Lipinski definition) is 2. The molecule has 0 saturated heterocycles. The van der Waals surface area contributed by atoms with Crippen LogP contribution in [0.1, 0.15) is 11.1 Å². The predicted octanol–water partition coefficient (Wildman–Crippen LogP) is 2.52. The molecule has 0 aromatic heterocycles. The van der Waals surface area contributed by atoms with E-state index in [2.05, 4.69) is 5.32 Å². The Morgan fingerprint density at radius 2 is 1.81 bits per heavy atom. The van der Waals surface area contributed by atoms with Crippen LogP contribution in [0.15, 0.2) is 48.5 Å². The van der Waals surface area contributed by atoms with Gasteiger partial charge in [0.1, 0.15) is 11.9 Å². The number of benzene rings is 2. The number of anilines is 1. The van der Waals surface area contributed by atoms with Crippen molar-refractivity contribution < 1.29 is 9.53 Å². The second kappa shape index (κ2) is 5.42. The molecular weight excluding hydrogens is 264 g/mol. The number of para-hydroxylation sites is 1. The van der Waals surface area contributed by atoms with Crippen LogP contribution in [0, 0.1) is 0 Å². The molecule has 0 saturated carbocycles. The Labute approximate surface area is 123 Å². The van der Waals surface area contributed by atoms with Crippen LogP contribution in [0.25, 0.3) is 11.6 Å². The first-order valence-electron chi connectivity index (χ1n) is 6.70. The lowest BCUT2D eigenvalue weighted by molar-refractivity contribution is -0.114. The minimum atomic E-state index is -0.748. The Hall–Kier alpha value is -2.59. The zero-order chi connectivity index (χ0) is 14.8. The highest BCUT2D eigenvalue weighted by Gasteiger charge is 2.23. The molecule has 0 amide bonds. The molecule has 0 aliphatic carbocycles. The first kappa shape index (κ1) is 13.4. The Balaban J connectivity index is 2.09. The lowest BCUT2D eigenvalue weighted by atomic mass is 9.98. The molecule has 2 aromatic rings. The summed E-state index contributed by atoms with van der Waals surface area (Å²) in [5, 5.41) is 3.05. The van der Waals surface area contributed by atoms with Gasteiger partial charge in [0, 0.05) is 11.3 Å². The average molecular weight is 280 g/mol. The van der Waals surface area contributed by atoms with Gasteiger partial charge in [-0.25, -0.2) is 0 Å². The number of nitrogens with two attached hydrogens (primary N) is 1. The maximum atomic E-state index is 12.5. The minimum Gasteiger partial charge on any atom is -0.497 e. The van der Waals surface area contributed by atoms with Crippen molar-refractivity contribution in [2.45, 2.75) is 6.17 Å². The fourth-order valence-corrected chi connectivity index (χ4v) is 2.38. The molecule has 0 fully saturated rings. The van der Waals surface area contributed by atoms with E-state index in [1.165, 1.54) is 0 Å². The second-order valence-electron chi connectivity index (χ2n) is 4.86. The van der Waals surface area contributed by atoms with Crippen molar-refractivity contribution in [2.75, 3.05) is 12.4 Å². The number of ether oxygens (including phenoxy) is 1. The zero-order valence-corrected chi connectivity index (χ0v) is 11.7. The SMILES string of the molecule is COc1ccc(C2=Cc3ccccc3NC(N)C2=O)cc1. The van der Waals surface area contributed by atoms with E-state index in [1.807, 2.05) is 54.6 Å². The molecule has 1 aliphatic rings. The van der Waals surface area contributed by atoms with Crippen LogP contribution in [-0.4, -0.2) is 19.1 Å². The molecule has 0 spiro atoms. The molecule has 0 radical (unpaired) electrons. The van der Waals surface area contributed by atoms with E-state index >= 15 is 0 Å². The van der Waals surface area contributed by atoms with Gasteiger partial charge in [-0.15, -0.1) is 0 Å². The molecule has 1 atom stereocenters. The number of hydrogen-bond acceptors (Lipinski definition) is 4. The van der Waals surface area contributed by atoms with Crippen LogP contribution < -0.4 is 15.8 Å². The van der Waals surface area contributed by atoms with E-state index in [0.29, 0.717) is 5.57 Å². The number of nitrogens with one attached hydrogen (secondary N) is 1. The summed E-state index contributed by atoms with van der Waals surface area (Å²) in [4.78, 5) is 12.5. The maximum absolute atomic E-state index is 12.5. The normalized spacial score (nSPS) is 17.3. The van der Waals surface area contributed by atoms with E-state index in [9.17, 15) is 4.79 Å².